The Morgan fingerprint density at radius 2 is 2.36 bits per heavy atom. The summed E-state index contributed by atoms with van der Waals surface area (Å²) in [5.41, 5.74) is 2.34. The molecule has 2 aromatic rings. The molecule has 0 aromatic carbocycles. The van der Waals surface area contributed by atoms with Gasteiger partial charge in [0.15, 0.2) is 0 Å². The molecule has 3 nitrogen and oxygen atoms in total. The van der Waals surface area contributed by atoms with Crippen LogP contribution in [0.15, 0.2) is 24.5 Å². The second kappa shape index (κ2) is 2.94. The second-order valence-corrected chi connectivity index (χ2v) is 3.59. The van der Waals surface area contributed by atoms with Gasteiger partial charge in [-0.15, -0.1) is 0 Å². The van der Waals surface area contributed by atoms with E-state index < -0.39 is 0 Å². The third kappa shape index (κ3) is 1.13. The average molecular weight is 185 g/mol. The largest absolute Gasteiger partial charge is 0.370 e. The van der Waals surface area contributed by atoms with Crippen molar-refractivity contribution in [2.75, 3.05) is 11.9 Å². The van der Waals surface area contributed by atoms with E-state index in [0.29, 0.717) is 0 Å². The van der Waals surface area contributed by atoms with Crippen LogP contribution in [0.25, 0.3) is 10.9 Å². The van der Waals surface area contributed by atoms with Gasteiger partial charge in [0, 0.05) is 24.3 Å². The van der Waals surface area contributed by atoms with E-state index in [9.17, 15) is 0 Å². The zero-order valence-electron chi connectivity index (χ0n) is 7.83. The predicted molar refractivity (Wildman–Crippen MR) is 56.3 cm³/mol. The van der Waals surface area contributed by atoms with Gasteiger partial charge in [-0.2, -0.15) is 0 Å². The Labute approximate surface area is 82.2 Å². The number of rotatable bonds is 0. The Balaban J connectivity index is 2.27. The third-order valence-corrected chi connectivity index (χ3v) is 2.61. The highest BCUT2D eigenvalue weighted by molar-refractivity contribution is 5.80. The van der Waals surface area contributed by atoms with Crippen molar-refractivity contribution < 1.29 is 0 Å². The molecule has 3 rings (SSSR count). The van der Waals surface area contributed by atoms with Crippen molar-refractivity contribution in [3.05, 3.63) is 30.1 Å². The molecule has 0 saturated carbocycles. The van der Waals surface area contributed by atoms with Crippen molar-refractivity contribution in [1.29, 1.82) is 0 Å². The van der Waals surface area contributed by atoms with E-state index >= 15 is 0 Å². The van der Waals surface area contributed by atoms with Crippen molar-refractivity contribution in [2.24, 2.45) is 0 Å². The fraction of sp³-hybridized carbons (Fsp3) is 0.273. The van der Waals surface area contributed by atoms with E-state index in [1.165, 1.54) is 12.0 Å². The van der Waals surface area contributed by atoms with E-state index in [0.717, 1.165) is 29.7 Å². The van der Waals surface area contributed by atoms with Gasteiger partial charge in [-0.3, -0.25) is 4.98 Å². The van der Waals surface area contributed by atoms with Crippen LogP contribution in [0.3, 0.4) is 0 Å². The van der Waals surface area contributed by atoms with Gasteiger partial charge >= 0.3 is 0 Å². The van der Waals surface area contributed by atoms with Crippen molar-refractivity contribution in [2.45, 2.75) is 12.8 Å². The second-order valence-electron chi connectivity index (χ2n) is 3.59. The number of hydrogen-bond donors (Lipinski definition) is 1. The summed E-state index contributed by atoms with van der Waals surface area (Å²) in [6.45, 7) is 1.04. The highest BCUT2D eigenvalue weighted by atomic mass is 15.0. The van der Waals surface area contributed by atoms with Gasteiger partial charge in [0.25, 0.3) is 0 Å². The molecule has 0 aliphatic carbocycles. The van der Waals surface area contributed by atoms with Crippen LogP contribution in [0.2, 0.25) is 0 Å². The summed E-state index contributed by atoms with van der Waals surface area (Å²) in [4.78, 5) is 8.67. The maximum Gasteiger partial charge on any atom is 0.129 e. The molecule has 0 fully saturated rings. The van der Waals surface area contributed by atoms with Gasteiger partial charge in [-0.1, -0.05) is 0 Å². The molecule has 14 heavy (non-hydrogen) atoms. The highest BCUT2D eigenvalue weighted by Crippen LogP contribution is 2.23. The predicted octanol–water partition coefficient (Wildman–Crippen LogP) is 1.99. The van der Waals surface area contributed by atoms with Gasteiger partial charge in [0.2, 0.25) is 0 Å². The third-order valence-electron chi connectivity index (χ3n) is 2.61. The number of aromatic nitrogens is 2. The van der Waals surface area contributed by atoms with Crippen LogP contribution in [-0.4, -0.2) is 16.5 Å². The summed E-state index contributed by atoms with van der Waals surface area (Å²) >= 11 is 0. The van der Waals surface area contributed by atoms with Gasteiger partial charge in [0.05, 0.1) is 5.52 Å². The minimum atomic E-state index is 1.02. The van der Waals surface area contributed by atoms with Gasteiger partial charge < -0.3 is 5.32 Å². The Kier molecular flexibility index (Phi) is 1.63. The molecule has 3 heterocycles. The Hall–Kier alpha value is -1.64. The molecule has 0 unspecified atom stereocenters. The lowest BCUT2D eigenvalue weighted by molar-refractivity contribution is 0.821. The fourth-order valence-corrected chi connectivity index (χ4v) is 1.89. The number of anilines is 1. The molecule has 0 radical (unpaired) electrons. The summed E-state index contributed by atoms with van der Waals surface area (Å²) in [6.07, 6.45) is 5.97. The van der Waals surface area contributed by atoms with Gasteiger partial charge in [-0.25, -0.2) is 4.98 Å². The summed E-state index contributed by atoms with van der Waals surface area (Å²) < 4.78 is 0. The minimum absolute atomic E-state index is 1.02. The summed E-state index contributed by atoms with van der Waals surface area (Å²) in [7, 11) is 0. The Bertz CT molecular complexity index is 434. The molecule has 2 aromatic heterocycles. The van der Waals surface area contributed by atoms with Gasteiger partial charge in [0.1, 0.15) is 5.82 Å². The molecule has 0 spiro atoms. The molecular weight excluding hydrogens is 174 g/mol. The van der Waals surface area contributed by atoms with Crippen molar-refractivity contribution in [3.63, 3.8) is 0 Å². The molecule has 70 valence electrons. The van der Waals surface area contributed by atoms with Crippen LogP contribution >= 0.6 is 0 Å². The van der Waals surface area contributed by atoms with Crippen LogP contribution in [0.5, 0.6) is 0 Å². The first kappa shape index (κ1) is 7.74. The molecular formula is C11H11N3. The normalized spacial score (nSPS) is 14.9. The van der Waals surface area contributed by atoms with Crippen molar-refractivity contribution >= 4 is 16.7 Å². The molecule has 1 N–H and O–H groups in total. The number of nitrogens with one attached hydrogen (secondary N) is 1. The molecule has 3 heteroatoms. The Morgan fingerprint density at radius 1 is 1.36 bits per heavy atom. The lowest BCUT2D eigenvalue weighted by Gasteiger charge is -2.17. The smallest absolute Gasteiger partial charge is 0.129 e. The number of pyridine rings is 2. The first-order chi connectivity index (χ1) is 6.93. The monoisotopic (exact) mass is 185 g/mol. The zero-order valence-corrected chi connectivity index (χ0v) is 7.83. The molecule has 1 aliphatic heterocycles. The van der Waals surface area contributed by atoms with E-state index in [2.05, 4.69) is 21.4 Å². The number of fused-ring (bicyclic) bond motifs is 2. The van der Waals surface area contributed by atoms with Crippen LogP contribution in [0.1, 0.15) is 12.0 Å². The first-order valence-electron chi connectivity index (χ1n) is 4.91. The molecule has 0 amide bonds. The maximum atomic E-state index is 4.56. The molecule has 0 saturated heterocycles. The van der Waals surface area contributed by atoms with Crippen LogP contribution < -0.4 is 5.32 Å². The van der Waals surface area contributed by atoms with E-state index in [1.54, 1.807) is 6.20 Å². The lowest BCUT2D eigenvalue weighted by atomic mass is 10.1. The molecule has 0 bridgehead atoms. The Morgan fingerprint density at radius 3 is 3.36 bits per heavy atom. The van der Waals surface area contributed by atoms with Crippen LogP contribution in [-0.2, 0) is 6.42 Å². The van der Waals surface area contributed by atoms with Crippen molar-refractivity contribution in [3.8, 4) is 0 Å². The number of aryl methyl sites for hydroxylation is 1. The first-order valence-corrected chi connectivity index (χ1v) is 4.91. The number of nitrogens with zero attached hydrogens (tertiary/aromatic N) is 2. The van der Waals surface area contributed by atoms with E-state index in [4.69, 9.17) is 0 Å². The van der Waals surface area contributed by atoms with Crippen LogP contribution in [0.4, 0.5) is 5.82 Å². The zero-order chi connectivity index (χ0) is 9.38. The summed E-state index contributed by atoms with van der Waals surface area (Å²) in [5, 5.41) is 4.46. The average Bonchev–Trinajstić information content (AvgIpc) is 2.26. The topological polar surface area (TPSA) is 37.8 Å². The quantitative estimate of drug-likeness (QED) is 0.682. The van der Waals surface area contributed by atoms with Gasteiger partial charge in [-0.05, 0) is 30.5 Å². The van der Waals surface area contributed by atoms with Crippen molar-refractivity contribution in [1.82, 2.24) is 9.97 Å². The standard InChI is InChI=1S/C11H11N3/c1-2-8-6-9-7-12-5-3-10(9)14-11(8)13-4-1/h3,5-7H,1-2,4H2,(H,13,14). The highest BCUT2D eigenvalue weighted by Gasteiger charge is 2.10. The maximum absolute atomic E-state index is 4.56. The summed E-state index contributed by atoms with van der Waals surface area (Å²) in [5.74, 6) is 1.05. The number of hydrogen-bond acceptors (Lipinski definition) is 3. The SMILES string of the molecule is c1cc2nc3c(cc2cn1)CCCN3. The van der Waals surface area contributed by atoms with E-state index in [1.807, 2.05) is 12.3 Å². The summed E-state index contributed by atoms with van der Waals surface area (Å²) in [6, 6.07) is 4.14. The molecule has 0 atom stereocenters. The van der Waals surface area contributed by atoms with Crippen LogP contribution in [0, 0.1) is 0 Å². The fourth-order valence-electron chi connectivity index (χ4n) is 1.89. The van der Waals surface area contributed by atoms with E-state index in [-0.39, 0.29) is 0 Å². The minimum Gasteiger partial charge on any atom is -0.370 e. The molecule has 1 aliphatic rings. The lowest BCUT2D eigenvalue weighted by Crippen LogP contribution is -2.13.